The lowest BCUT2D eigenvalue weighted by atomic mass is 9.90. The molecule has 0 bridgehead atoms. The van der Waals surface area contributed by atoms with E-state index in [1.165, 1.54) is 28.0 Å². The van der Waals surface area contributed by atoms with Crippen LogP contribution in [0.5, 0.6) is 0 Å². The molecule has 0 unspecified atom stereocenters. The molecule has 1 aliphatic heterocycles. The van der Waals surface area contributed by atoms with Gasteiger partial charge in [-0.2, -0.15) is 0 Å². The predicted octanol–water partition coefficient (Wildman–Crippen LogP) is 4.07. The first kappa shape index (κ1) is 14.0. The van der Waals surface area contributed by atoms with Crippen LogP contribution in [-0.4, -0.2) is 17.4 Å². The van der Waals surface area contributed by atoms with Gasteiger partial charge in [0.15, 0.2) is 0 Å². The Kier molecular flexibility index (Phi) is 3.53. The molecule has 2 aliphatic rings. The number of fused-ring (bicyclic) bond motifs is 2. The number of carbonyl (C=O) groups excluding carboxylic acids is 1. The van der Waals surface area contributed by atoms with Gasteiger partial charge in [-0.15, -0.1) is 11.3 Å². The summed E-state index contributed by atoms with van der Waals surface area (Å²) in [6.45, 7) is 3.91. The van der Waals surface area contributed by atoms with Gasteiger partial charge in [0.25, 0.3) is 5.91 Å². The average Bonchev–Trinajstić information content (AvgIpc) is 2.96. The van der Waals surface area contributed by atoms with Gasteiger partial charge < -0.3 is 4.90 Å². The van der Waals surface area contributed by atoms with Crippen LogP contribution in [0.3, 0.4) is 0 Å². The van der Waals surface area contributed by atoms with Gasteiger partial charge in [-0.3, -0.25) is 4.79 Å². The minimum atomic E-state index is 0.224. The third-order valence-electron chi connectivity index (χ3n) is 4.96. The molecule has 0 radical (unpaired) electrons. The van der Waals surface area contributed by atoms with Crippen LogP contribution in [0.4, 0.5) is 0 Å². The quantitative estimate of drug-likeness (QED) is 0.777. The molecule has 0 saturated heterocycles. The van der Waals surface area contributed by atoms with E-state index in [1.54, 1.807) is 11.3 Å². The zero-order valence-corrected chi connectivity index (χ0v) is 13.8. The number of hydrogen-bond acceptors (Lipinski definition) is 2. The Balaban J connectivity index is 1.56. The van der Waals surface area contributed by atoms with E-state index in [9.17, 15) is 4.79 Å². The maximum absolute atomic E-state index is 12.8. The van der Waals surface area contributed by atoms with E-state index >= 15 is 0 Å². The third-order valence-corrected chi connectivity index (χ3v) is 6.18. The van der Waals surface area contributed by atoms with Crippen molar-refractivity contribution in [2.45, 2.75) is 39.2 Å². The van der Waals surface area contributed by atoms with Crippen LogP contribution in [0.2, 0.25) is 0 Å². The zero-order chi connectivity index (χ0) is 15.1. The first-order chi connectivity index (χ1) is 10.7. The number of aryl methyl sites for hydroxylation is 1. The Morgan fingerprint density at radius 2 is 2.00 bits per heavy atom. The van der Waals surface area contributed by atoms with Crippen LogP contribution in [0.1, 0.15) is 44.6 Å². The van der Waals surface area contributed by atoms with Crippen LogP contribution >= 0.6 is 11.3 Å². The van der Waals surface area contributed by atoms with E-state index in [1.807, 2.05) is 4.90 Å². The molecule has 1 aliphatic carbocycles. The Morgan fingerprint density at radius 1 is 1.18 bits per heavy atom. The molecule has 22 heavy (non-hydrogen) atoms. The second-order valence-electron chi connectivity index (χ2n) is 6.65. The fourth-order valence-corrected chi connectivity index (χ4v) is 4.81. The summed E-state index contributed by atoms with van der Waals surface area (Å²) in [7, 11) is 0. The maximum Gasteiger partial charge on any atom is 0.264 e. The van der Waals surface area contributed by atoms with Crippen molar-refractivity contribution in [2.24, 2.45) is 5.92 Å². The highest BCUT2D eigenvalue weighted by molar-refractivity contribution is 7.14. The van der Waals surface area contributed by atoms with E-state index in [0.29, 0.717) is 0 Å². The molecule has 1 amide bonds. The fourth-order valence-electron chi connectivity index (χ4n) is 3.64. The number of rotatable bonds is 1. The molecule has 1 aromatic heterocycles. The SMILES string of the molecule is C[C@H]1CCc2sc(C(=O)N3CCc4ccccc4C3)cc2C1. The molecule has 0 saturated carbocycles. The van der Waals surface area contributed by atoms with Crippen molar-refractivity contribution in [1.29, 1.82) is 0 Å². The van der Waals surface area contributed by atoms with Crippen LogP contribution in [0, 0.1) is 5.92 Å². The lowest BCUT2D eigenvalue weighted by Gasteiger charge is -2.28. The molecule has 4 rings (SSSR count). The van der Waals surface area contributed by atoms with Crippen molar-refractivity contribution in [3.05, 3.63) is 56.8 Å². The van der Waals surface area contributed by atoms with Crippen molar-refractivity contribution < 1.29 is 4.79 Å². The summed E-state index contributed by atoms with van der Waals surface area (Å²) in [5.41, 5.74) is 4.12. The molecule has 114 valence electrons. The van der Waals surface area contributed by atoms with Gasteiger partial charge in [0.2, 0.25) is 0 Å². The Labute approximate surface area is 135 Å². The summed E-state index contributed by atoms with van der Waals surface area (Å²) in [6.07, 6.45) is 4.53. The number of nitrogens with zero attached hydrogens (tertiary/aromatic N) is 1. The summed E-state index contributed by atoms with van der Waals surface area (Å²) >= 11 is 1.73. The molecule has 0 spiro atoms. The highest BCUT2D eigenvalue weighted by atomic mass is 32.1. The number of thiophene rings is 1. The molecule has 1 atom stereocenters. The number of benzene rings is 1. The van der Waals surface area contributed by atoms with Gasteiger partial charge in [0.1, 0.15) is 0 Å². The number of carbonyl (C=O) groups is 1. The maximum atomic E-state index is 12.8. The van der Waals surface area contributed by atoms with Gasteiger partial charge in [0.05, 0.1) is 4.88 Å². The lowest BCUT2D eigenvalue weighted by molar-refractivity contribution is 0.0739. The average molecular weight is 311 g/mol. The summed E-state index contributed by atoms with van der Waals surface area (Å²) in [5, 5.41) is 0. The van der Waals surface area contributed by atoms with E-state index in [2.05, 4.69) is 37.3 Å². The standard InChI is InChI=1S/C19H21NOS/c1-13-6-7-17-16(10-13)11-18(22-17)19(21)20-9-8-14-4-2-3-5-15(14)12-20/h2-5,11,13H,6-10,12H2,1H3/t13-/m0/s1. The molecule has 1 aromatic carbocycles. The topological polar surface area (TPSA) is 20.3 Å². The van der Waals surface area contributed by atoms with Crippen molar-refractivity contribution >= 4 is 17.2 Å². The van der Waals surface area contributed by atoms with Gasteiger partial charge in [-0.1, -0.05) is 31.2 Å². The van der Waals surface area contributed by atoms with E-state index in [4.69, 9.17) is 0 Å². The van der Waals surface area contributed by atoms with Gasteiger partial charge >= 0.3 is 0 Å². The molecular formula is C19H21NOS. The second kappa shape index (κ2) is 5.54. The Hall–Kier alpha value is -1.61. The van der Waals surface area contributed by atoms with Crippen LogP contribution in [-0.2, 0) is 25.8 Å². The zero-order valence-electron chi connectivity index (χ0n) is 13.0. The highest BCUT2D eigenvalue weighted by Crippen LogP contribution is 2.33. The second-order valence-corrected chi connectivity index (χ2v) is 7.79. The van der Waals surface area contributed by atoms with Crippen molar-refractivity contribution in [2.75, 3.05) is 6.54 Å². The number of amides is 1. The first-order valence-corrected chi connectivity index (χ1v) is 9.00. The molecule has 2 aromatic rings. The van der Waals surface area contributed by atoms with Gasteiger partial charge in [-0.05, 0) is 54.4 Å². The van der Waals surface area contributed by atoms with Crippen LogP contribution in [0.25, 0.3) is 0 Å². The van der Waals surface area contributed by atoms with Gasteiger partial charge in [-0.25, -0.2) is 0 Å². The van der Waals surface area contributed by atoms with Crippen LogP contribution in [0.15, 0.2) is 30.3 Å². The smallest absolute Gasteiger partial charge is 0.264 e. The predicted molar refractivity (Wildman–Crippen MR) is 90.4 cm³/mol. The monoisotopic (exact) mass is 311 g/mol. The number of hydrogen-bond donors (Lipinski definition) is 0. The summed E-state index contributed by atoms with van der Waals surface area (Å²) in [6, 6.07) is 10.7. The third kappa shape index (κ3) is 2.48. The minimum absolute atomic E-state index is 0.224. The highest BCUT2D eigenvalue weighted by Gasteiger charge is 2.25. The van der Waals surface area contributed by atoms with Crippen molar-refractivity contribution in [3.8, 4) is 0 Å². The summed E-state index contributed by atoms with van der Waals surface area (Å²) in [4.78, 5) is 17.2. The van der Waals surface area contributed by atoms with Gasteiger partial charge in [0, 0.05) is 18.0 Å². The summed E-state index contributed by atoms with van der Waals surface area (Å²) < 4.78 is 0. The lowest BCUT2D eigenvalue weighted by Crippen LogP contribution is -2.35. The fraction of sp³-hybridized carbons (Fsp3) is 0.421. The molecule has 3 heteroatoms. The van der Waals surface area contributed by atoms with E-state index in [-0.39, 0.29) is 5.91 Å². The van der Waals surface area contributed by atoms with Crippen molar-refractivity contribution in [3.63, 3.8) is 0 Å². The largest absolute Gasteiger partial charge is 0.333 e. The molecule has 2 heterocycles. The molecular weight excluding hydrogens is 290 g/mol. The normalized spacial score (nSPS) is 20.4. The van der Waals surface area contributed by atoms with Crippen LogP contribution < -0.4 is 0 Å². The molecule has 0 fully saturated rings. The summed E-state index contributed by atoms with van der Waals surface area (Å²) in [5.74, 6) is 0.980. The molecule has 0 N–H and O–H groups in total. The van der Waals surface area contributed by atoms with E-state index in [0.717, 1.165) is 43.1 Å². The van der Waals surface area contributed by atoms with Crippen molar-refractivity contribution in [1.82, 2.24) is 4.90 Å². The first-order valence-electron chi connectivity index (χ1n) is 8.18. The molecule has 2 nitrogen and oxygen atoms in total. The Bertz CT molecular complexity index is 718. The minimum Gasteiger partial charge on any atom is -0.333 e. The van der Waals surface area contributed by atoms with E-state index < -0.39 is 0 Å². The Morgan fingerprint density at radius 3 is 2.86 bits per heavy atom.